The number of benzene rings is 1. The van der Waals surface area contributed by atoms with Crippen LogP contribution < -0.4 is 5.73 Å². The van der Waals surface area contributed by atoms with Crippen molar-refractivity contribution in [1.29, 1.82) is 0 Å². The lowest BCUT2D eigenvalue weighted by Crippen LogP contribution is -2.32. The molecule has 0 aliphatic carbocycles. The molecule has 0 fully saturated rings. The fourth-order valence-electron chi connectivity index (χ4n) is 2.21. The number of hydrogen-bond acceptors (Lipinski definition) is 2. The van der Waals surface area contributed by atoms with E-state index < -0.39 is 0 Å². The fourth-order valence-corrected chi connectivity index (χ4v) is 2.21. The quantitative estimate of drug-likeness (QED) is 0.899. The third-order valence-corrected chi connectivity index (χ3v) is 3.64. The van der Waals surface area contributed by atoms with E-state index in [2.05, 4.69) is 45.0 Å². The van der Waals surface area contributed by atoms with Crippen LogP contribution in [0.3, 0.4) is 0 Å². The molecule has 0 saturated heterocycles. The van der Waals surface area contributed by atoms with Crippen molar-refractivity contribution in [3.63, 3.8) is 0 Å². The molecule has 20 heavy (non-hydrogen) atoms. The number of nitrogens with zero attached hydrogens (tertiary/aromatic N) is 1. The third-order valence-electron chi connectivity index (χ3n) is 3.64. The van der Waals surface area contributed by atoms with Crippen molar-refractivity contribution in [2.75, 3.05) is 13.6 Å². The predicted octanol–water partition coefficient (Wildman–Crippen LogP) is 2.93. The van der Waals surface area contributed by atoms with E-state index in [0.29, 0.717) is 13.1 Å². The molecular weight excluding hydrogens is 248 g/mol. The van der Waals surface area contributed by atoms with Gasteiger partial charge in [0, 0.05) is 19.5 Å². The third kappa shape index (κ3) is 4.64. The van der Waals surface area contributed by atoms with Gasteiger partial charge in [0.05, 0.1) is 0 Å². The summed E-state index contributed by atoms with van der Waals surface area (Å²) in [5.41, 5.74) is 8.14. The molecule has 3 nitrogen and oxygen atoms in total. The first-order valence-electron chi connectivity index (χ1n) is 7.30. The highest BCUT2D eigenvalue weighted by Crippen LogP contribution is 2.22. The van der Waals surface area contributed by atoms with E-state index in [9.17, 15) is 4.79 Å². The largest absolute Gasteiger partial charge is 0.341 e. The Bertz CT molecular complexity index is 431. The highest BCUT2D eigenvalue weighted by Gasteiger charge is 2.17. The van der Waals surface area contributed by atoms with Crippen molar-refractivity contribution in [2.45, 2.75) is 46.1 Å². The molecular formula is C17H28N2O. The smallest absolute Gasteiger partial charge is 0.225 e. The second-order valence-electron chi connectivity index (χ2n) is 6.62. The van der Waals surface area contributed by atoms with Crippen LogP contribution in [0.15, 0.2) is 24.3 Å². The monoisotopic (exact) mass is 276 g/mol. The Morgan fingerprint density at radius 1 is 1.25 bits per heavy atom. The Balaban J connectivity index is 2.67. The zero-order valence-corrected chi connectivity index (χ0v) is 13.4. The minimum Gasteiger partial charge on any atom is -0.341 e. The molecule has 112 valence electrons. The Morgan fingerprint density at radius 2 is 1.80 bits per heavy atom. The summed E-state index contributed by atoms with van der Waals surface area (Å²) in [4.78, 5) is 13.9. The maximum Gasteiger partial charge on any atom is 0.225 e. The lowest BCUT2D eigenvalue weighted by Gasteiger charge is -2.22. The van der Waals surface area contributed by atoms with Crippen LogP contribution >= 0.6 is 0 Å². The summed E-state index contributed by atoms with van der Waals surface area (Å²) < 4.78 is 0. The average molecular weight is 276 g/mol. The summed E-state index contributed by atoms with van der Waals surface area (Å²) in [6.45, 7) is 9.75. The molecule has 1 atom stereocenters. The van der Waals surface area contributed by atoms with E-state index in [-0.39, 0.29) is 17.2 Å². The van der Waals surface area contributed by atoms with E-state index in [1.54, 1.807) is 4.90 Å². The van der Waals surface area contributed by atoms with Gasteiger partial charge in [-0.3, -0.25) is 4.79 Å². The van der Waals surface area contributed by atoms with E-state index >= 15 is 0 Å². The van der Waals surface area contributed by atoms with Gasteiger partial charge in [0.1, 0.15) is 0 Å². The van der Waals surface area contributed by atoms with Gasteiger partial charge in [-0.05, 0) is 29.5 Å². The van der Waals surface area contributed by atoms with Gasteiger partial charge in [0.2, 0.25) is 5.91 Å². The van der Waals surface area contributed by atoms with Crippen molar-refractivity contribution in [3.05, 3.63) is 35.4 Å². The molecule has 0 radical (unpaired) electrons. The van der Waals surface area contributed by atoms with Crippen molar-refractivity contribution in [3.8, 4) is 0 Å². The van der Waals surface area contributed by atoms with E-state index in [1.165, 1.54) is 5.56 Å². The standard InChI is InChI=1S/C17H28N2O/c1-13(10-11-18)16(20)19(5)12-14-6-8-15(9-7-14)17(2,3)4/h6-9,13H,10-12,18H2,1-5H3. The SMILES string of the molecule is CC(CCN)C(=O)N(C)Cc1ccc(C(C)(C)C)cc1. The minimum atomic E-state index is -0.00107. The molecule has 0 aromatic heterocycles. The van der Waals surface area contributed by atoms with E-state index in [4.69, 9.17) is 5.73 Å². The predicted molar refractivity (Wildman–Crippen MR) is 84.5 cm³/mol. The lowest BCUT2D eigenvalue weighted by molar-refractivity contribution is -0.134. The van der Waals surface area contributed by atoms with Crippen LogP contribution in [-0.2, 0) is 16.8 Å². The second kappa shape index (κ2) is 6.89. The second-order valence-corrected chi connectivity index (χ2v) is 6.62. The Kier molecular flexibility index (Phi) is 5.75. The summed E-state index contributed by atoms with van der Waals surface area (Å²) in [5.74, 6) is 0.161. The molecule has 1 aromatic rings. The molecule has 1 unspecified atom stereocenters. The molecule has 2 N–H and O–H groups in total. The molecule has 0 bridgehead atoms. The van der Waals surface area contributed by atoms with Gasteiger partial charge in [-0.15, -0.1) is 0 Å². The van der Waals surface area contributed by atoms with Gasteiger partial charge in [0.25, 0.3) is 0 Å². The number of rotatable bonds is 5. The van der Waals surface area contributed by atoms with E-state index in [0.717, 1.165) is 12.0 Å². The Hall–Kier alpha value is -1.35. The summed E-state index contributed by atoms with van der Waals surface area (Å²) in [6.07, 6.45) is 0.742. The zero-order chi connectivity index (χ0) is 15.3. The Labute approximate surface area is 123 Å². The van der Waals surface area contributed by atoms with Crippen LogP contribution in [0.4, 0.5) is 0 Å². The van der Waals surface area contributed by atoms with Crippen LogP contribution in [0.25, 0.3) is 0 Å². The Morgan fingerprint density at radius 3 is 2.25 bits per heavy atom. The van der Waals surface area contributed by atoms with Crippen LogP contribution in [0.5, 0.6) is 0 Å². The van der Waals surface area contributed by atoms with E-state index in [1.807, 2.05) is 14.0 Å². The van der Waals surface area contributed by atoms with Crippen LogP contribution in [0, 0.1) is 5.92 Å². The molecule has 0 heterocycles. The molecule has 0 spiro atoms. The first-order valence-corrected chi connectivity index (χ1v) is 7.30. The minimum absolute atomic E-state index is 0.00107. The molecule has 0 saturated carbocycles. The number of hydrogen-bond donors (Lipinski definition) is 1. The van der Waals surface area contributed by atoms with Gasteiger partial charge in [0.15, 0.2) is 0 Å². The topological polar surface area (TPSA) is 46.3 Å². The average Bonchev–Trinajstić information content (AvgIpc) is 2.37. The van der Waals surface area contributed by atoms with Crippen molar-refractivity contribution >= 4 is 5.91 Å². The summed E-state index contributed by atoms with van der Waals surface area (Å²) in [7, 11) is 1.85. The first-order chi connectivity index (χ1) is 9.25. The van der Waals surface area contributed by atoms with Crippen molar-refractivity contribution < 1.29 is 4.79 Å². The highest BCUT2D eigenvalue weighted by atomic mass is 16.2. The van der Waals surface area contributed by atoms with Crippen molar-refractivity contribution in [1.82, 2.24) is 4.90 Å². The molecule has 1 rings (SSSR count). The molecule has 0 aliphatic heterocycles. The summed E-state index contributed by atoms with van der Waals surface area (Å²) >= 11 is 0. The maximum atomic E-state index is 12.1. The van der Waals surface area contributed by atoms with Crippen LogP contribution in [0.2, 0.25) is 0 Å². The van der Waals surface area contributed by atoms with Crippen LogP contribution in [-0.4, -0.2) is 24.4 Å². The number of nitrogens with two attached hydrogens (primary N) is 1. The fraction of sp³-hybridized carbons (Fsp3) is 0.588. The summed E-state index contributed by atoms with van der Waals surface area (Å²) in [5, 5.41) is 0. The van der Waals surface area contributed by atoms with Crippen LogP contribution in [0.1, 0.15) is 45.2 Å². The van der Waals surface area contributed by atoms with Gasteiger partial charge in [-0.2, -0.15) is 0 Å². The molecule has 0 aliphatic rings. The normalized spacial score (nSPS) is 13.1. The lowest BCUT2D eigenvalue weighted by atomic mass is 9.87. The van der Waals surface area contributed by atoms with Crippen molar-refractivity contribution in [2.24, 2.45) is 11.7 Å². The summed E-state index contributed by atoms with van der Waals surface area (Å²) in [6, 6.07) is 8.52. The molecule has 1 amide bonds. The number of amides is 1. The van der Waals surface area contributed by atoms with Gasteiger partial charge in [-0.1, -0.05) is 52.0 Å². The van der Waals surface area contributed by atoms with Gasteiger partial charge < -0.3 is 10.6 Å². The maximum absolute atomic E-state index is 12.1. The molecule has 1 aromatic carbocycles. The first kappa shape index (κ1) is 16.7. The molecule has 3 heteroatoms. The van der Waals surface area contributed by atoms with Gasteiger partial charge in [-0.25, -0.2) is 0 Å². The number of carbonyl (C=O) groups is 1. The highest BCUT2D eigenvalue weighted by molar-refractivity contribution is 5.78. The zero-order valence-electron chi connectivity index (χ0n) is 13.4. The van der Waals surface area contributed by atoms with Gasteiger partial charge >= 0.3 is 0 Å². The number of carbonyl (C=O) groups excluding carboxylic acids is 1.